The van der Waals surface area contributed by atoms with Gasteiger partial charge in [-0.3, -0.25) is 4.79 Å². The number of nitrogens with one attached hydrogen (secondary N) is 1. The predicted octanol–water partition coefficient (Wildman–Crippen LogP) is 4.10. The highest BCUT2D eigenvalue weighted by Crippen LogP contribution is 2.26. The van der Waals surface area contributed by atoms with Crippen LogP contribution < -0.4 is 5.32 Å². The summed E-state index contributed by atoms with van der Waals surface area (Å²) in [6.45, 7) is 0. The Morgan fingerprint density at radius 2 is 1.91 bits per heavy atom. The van der Waals surface area contributed by atoms with Crippen molar-refractivity contribution < 1.29 is 23.1 Å². The van der Waals surface area contributed by atoms with E-state index >= 15 is 0 Å². The summed E-state index contributed by atoms with van der Waals surface area (Å²) in [7, 11) is 1.26. The van der Waals surface area contributed by atoms with Crippen molar-refractivity contribution in [3.63, 3.8) is 0 Å². The van der Waals surface area contributed by atoms with Crippen molar-refractivity contribution >= 4 is 40.7 Å². The number of benzene rings is 1. The average molecular weight is 343 g/mol. The standard InChI is InChI=1S/C14H11F2NO3S2/c1-20-13(19)11-10(6-7-21-11)17-12(18)8-2-4-9(5-3-8)22-14(15)16/h2-7,14H,1H3,(H,17,18). The minimum atomic E-state index is -2.51. The first kappa shape index (κ1) is 16.4. The van der Waals surface area contributed by atoms with E-state index in [2.05, 4.69) is 10.1 Å². The maximum Gasteiger partial charge on any atom is 0.350 e. The molecule has 22 heavy (non-hydrogen) atoms. The van der Waals surface area contributed by atoms with Crippen LogP contribution in [0.5, 0.6) is 0 Å². The highest BCUT2D eigenvalue weighted by atomic mass is 32.2. The highest BCUT2D eigenvalue weighted by molar-refractivity contribution is 7.99. The molecule has 2 aromatic rings. The Morgan fingerprint density at radius 3 is 2.50 bits per heavy atom. The number of ether oxygens (including phenoxy) is 1. The molecule has 0 spiro atoms. The van der Waals surface area contributed by atoms with Gasteiger partial charge in [-0.25, -0.2) is 4.79 Å². The zero-order valence-electron chi connectivity index (χ0n) is 11.3. The zero-order valence-corrected chi connectivity index (χ0v) is 13.0. The second-order valence-corrected chi connectivity index (χ2v) is 5.99. The van der Waals surface area contributed by atoms with Gasteiger partial charge in [0.15, 0.2) is 0 Å². The second kappa shape index (κ2) is 7.37. The van der Waals surface area contributed by atoms with E-state index in [-0.39, 0.29) is 0 Å². The van der Waals surface area contributed by atoms with Crippen LogP contribution in [0.2, 0.25) is 0 Å². The van der Waals surface area contributed by atoms with E-state index in [9.17, 15) is 18.4 Å². The number of halogens is 2. The molecule has 0 saturated carbocycles. The van der Waals surface area contributed by atoms with E-state index in [0.717, 1.165) is 11.3 Å². The summed E-state index contributed by atoms with van der Waals surface area (Å²) < 4.78 is 29.1. The minimum Gasteiger partial charge on any atom is -0.465 e. The third kappa shape index (κ3) is 4.05. The summed E-state index contributed by atoms with van der Waals surface area (Å²) >= 11 is 1.56. The molecule has 1 aromatic heterocycles. The van der Waals surface area contributed by atoms with Gasteiger partial charge in [-0.1, -0.05) is 11.8 Å². The molecule has 0 aliphatic heterocycles. The fourth-order valence-corrected chi connectivity index (χ4v) is 2.91. The van der Waals surface area contributed by atoms with Gasteiger partial charge in [0.25, 0.3) is 11.7 Å². The van der Waals surface area contributed by atoms with E-state index in [4.69, 9.17) is 0 Å². The molecule has 0 fully saturated rings. The van der Waals surface area contributed by atoms with Crippen LogP contribution in [0.15, 0.2) is 40.6 Å². The molecule has 0 bridgehead atoms. The molecule has 2 rings (SSSR count). The first-order chi connectivity index (χ1) is 10.5. The molecule has 0 atom stereocenters. The van der Waals surface area contributed by atoms with Gasteiger partial charge in [0.2, 0.25) is 0 Å². The van der Waals surface area contributed by atoms with Gasteiger partial charge < -0.3 is 10.1 Å². The summed E-state index contributed by atoms with van der Waals surface area (Å²) in [6, 6.07) is 7.38. The maximum absolute atomic E-state index is 12.2. The van der Waals surface area contributed by atoms with E-state index in [1.165, 1.54) is 31.4 Å². The Hall–Kier alpha value is -1.93. The Bertz CT molecular complexity index is 671. The van der Waals surface area contributed by atoms with Crippen LogP contribution in [-0.2, 0) is 4.74 Å². The van der Waals surface area contributed by atoms with Crippen LogP contribution in [0.1, 0.15) is 20.0 Å². The molecule has 0 radical (unpaired) electrons. The lowest BCUT2D eigenvalue weighted by molar-refractivity contribution is 0.0607. The molecule has 1 aromatic carbocycles. The SMILES string of the molecule is COC(=O)c1sccc1NC(=O)c1ccc(SC(F)F)cc1. The first-order valence-electron chi connectivity index (χ1n) is 6.03. The lowest BCUT2D eigenvalue weighted by Gasteiger charge is -2.06. The fraction of sp³-hybridized carbons (Fsp3) is 0.143. The topological polar surface area (TPSA) is 55.4 Å². The summed E-state index contributed by atoms with van der Waals surface area (Å²) in [4.78, 5) is 24.3. The van der Waals surface area contributed by atoms with Gasteiger partial charge >= 0.3 is 5.97 Å². The summed E-state index contributed by atoms with van der Waals surface area (Å²) in [5.41, 5.74) is 0.661. The second-order valence-electron chi connectivity index (χ2n) is 4.01. The van der Waals surface area contributed by atoms with Crippen molar-refractivity contribution in [1.82, 2.24) is 0 Å². The van der Waals surface area contributed by atoms with E-state index in [0.29, 0.717) is 32.8 Å². The number of carbonyl (C=O) groups excluding carboxylic acids is 2. The Kier molecular flexibility index (Phi) is 5.51. The Labute approximate surface area is 133 Å². The molecular formula is C14H11F2NO3S2. The first-order valence-corrected chi connectivity index (χ1v) is 7.79. The van der Waals surface area contributed by atoms with Gasteiger partial charge in [0, 0.05) is 10.5 Å². The average Bonchev–Trinajstić information content (AvgIpc) is 2.94. The lowest BCUT2D eigenvalue weighted by Crippen LogP contribution is -2.13. The molecule has 8 heteroatoms. The molecular weight excluding hydrogens is 332 g/mol. The van der Waals surface area contributed by atoms with Crippen LogP contribution in [-0.4, -0.2) is 24.7 Å². The Morgan fingerprint density at radius 1 is 1.23 bits per heavy atom. The number of methoxy groups -OCH3 is 1. The van der Waals surface area contributed by atoms with Crippen LogP contribution in [0.3, 0.4) is 0 Å². The number of rotatable bonds is 5. The lowest BCUT2D eigenvalue weighted by atomic mass is 10.2. The van der Waals surface area contributed by atoms with Crippen LogP contribution in [0.4, 0.5) is 14.5 Å². The molecule has 0 aliphatic rings. The smallest absolute Gasteiger partial charge is 0.350 e. The van der Waals surface area contributed by atoms with Crippen molar-refractivity contribution in [3.05, 3.63) is 46.2 Å². The van der Waals surface area contributed by atoms with Crippen LogP contribution in [0.25, 0.3) is 0 Å². The zero-order chi connectivity index (χ0) is 16.1. The minimum absolute atomic E-state index is 0.292. The molecule has 0 unspecified atom stereocenters. The van der Waals surface area contributed by atoms with Crippen molar-refractivity contribution in [2.75, 3.05) is 12.4 Å². The number of thioether (sulfide) groups is 1. The van der Waals surface area contributed by atoms with Crippen molar-refractivity contribution in [2.24, 2.45) is 0 Å². The molecule has 1 heterocycles. The monoisotopic (exact) mass is 343 g/mol. The number of hydrogen-bond acceptors (Lipinski definition) is 5. The normalized spacial score (nSPS) is 10.5. The number of thiophene rings is 1. The van der Waals surface area contributed by atoms with E-state index < -0.39 is 17.6 Å². The number of esters is 1. The summed E-state index contributed by atoms with van der Waals surface area (Å²) in [5, 5.41) is 4.25. The van der Waals surface area contributed by atoms with Crippen LogP contribution >= 0.6 is 23.1 Å². The third-order valence-electron chi connectivity index (χ3n) is 2.63. The molecule has 4 nitrogen and oxygen atoms in total. The third-order valence-corrected chi connectivity index (χ3v) is 4.24. The number of anilines is 1. The number of hydrogen-bond donors (Lipinski definition) is 1. The molecule has 1 amide bonds. The molecule has 116 valence electrons. The number of carbonyl (C=O) groups is 2. The largest absolute Gasteiger partial charge is 0.465 e. The maximum atomic E-state index is 12.2. The van der Waals surface area contributed by atoms with Gasteiger partial charge in [0.05, 0.1) is 12.8 Å². The highest BCUT2D eigenvalue weighted by Gasteiger charge is 2.16. The van der Waals surface area contributed by atoms with Crippen molar-refractivity contribution in [2.45, 2.75) is 10.7 Å². The summed E-state index contributed by atoms with van der Waals surface area (Å²) in [5.74, 6) is -3.47. The van der Waals surface area contributed by atoms with E-state index in [1.807, 2.05) is 0 Å². The van der Waals surface area contributed by atoms with Gasteiger partial charge in [-0.05, 0) is 35.7 Å². The van der Waals surface area contributed by atoms with Gasteiger partial charge in [0.1, 0.15) is 4.88 Å². The van der Waals surface area contributed by atoms with Gasteiger partial charge in [-0.2, -0.15) is 8.78 Å². The Balaban J connectivity index is 2.09. The predicted molar refractivity (Wildman–Crippen MR) is 81.9 cm³/mol. The number of alkyl halides is 2. The van der Waals surface area contributed by atoms with Gasteiger partial charge in [-0.15, -0.1) is 11.3 Å². The van der Waals surface area contributed by atoms with Crippen molar-refractivity contribution in [3.8, 4) is 0 Å². The van der Waals surface area contributed by atoms with Crippen LogP contribution in [0, 0.1) is 0 Å². The summed E-state index contributed by atoms with van der Waals surface area (Å²) in [6.07, 6.45) is 0. The molecule has 1 N–H and O–H groups in total. The van der Waals surface area contributed by atoms with Crippen molar-refractivity contribution in [1.29, 1.82) is 0 Å². The molecule has 0 saturated heterocycles. The quantitative estimate of drug-likeness (QED) is 0.656. The van der Waals surface area contributed by atoms with E-state index in [1.54, 1.807) is 11.4 Å². The molecule has 0 aliphatic carbocycles. The number of amides is 1. The fourth-order valence-electron chi connectivity index (χ4n) is 1.64.